The minimum absolute atomic E-state index is 0.249. The van der Waals surface area contributed by atoms with Crippen LogP contribution in [-0.2, 0) is 0 Å². The van der Waals surface area contributed by atoms with E-state index in [1.54, 1.807) is 0 Å². The first-order chi connectivity index (χ1) is 5.07. The monoisotopic (exact) mass is 214 g/mol. The number of hydrogen-bond acceptors (Lipinski definition) is 0. The topological polar surface area (TPSA) is 0 Å². The quantitative estimate of drug-likeness (QED) is 0.488. The molecule has 0 aliphatic rings. The summed E-state index contributed by atoms with van der Waals surface area (Å²) in [6.07, 6.45) is -9.20. The molecule has 12 heavy (non-hydrogen) atoms. The van der Waals surface area contributed by atoms with Gasteiger partial charge in [-0.15, -0.1) is 0 Å². The van der Waals surface area contributed by atoms with Crippen molar-refractivity contribution in [2.75, 3.05) is 0 Å². The van der Waals surface area contributed by atoms with Crippen LogP contribution in [0, 0.1) is 5.92 Å². The molecule has 2 atom stereocenters. The molecule has 0 spiro atoms. The Morgan fingerprint density at radius 2 is 1.42 bits per heavy atom. The van der Waals surface area contributed by atoms with Gasteiger partial charge in [0.05, 0.1) is 0 Å². The predicted molar refractivity (Wildman–Crippen MR) is 30.9 cm³/mol. The van der Waals surface area contributed by atoms with Gasteiger partial charge in [-0.05, 0) is 6.92 Å². The fraction of sp³-hybridized carbons (Fsp3) is 1.00. The number of alkyl halides is 7. The van der Waals surface area contributed by atoms with Gasteiger partial charge in [0.25, 0.3) is 6.43 Å². The van der Waals surface area contributed by atoms with E-state index in [4.69, 9.17) is 0 Å². The summed E-state index contributed by atoms with van der Waals surface area (Å²) in [5.74, 6) is -3.45. The van der Waals surface area contributed by atoms with Gasteiger partial charge in [0, 0.05) is 0 Å². The summed E-state index contributed by atoms with van der Waals surface area (Å²) >= 11 is 4.51. The van der Waals surface area contributed by atoms with Crippen LogP contribution >= 0.6 is 11.6 Å². The van der Waals surface area contributed by atoms with Crippen molar-refractivity contribution in [2.45, 2.75) is 24.7 Å². The summed E-state index contributed by atoms with van der Waals surface area (Å²) in [5, 5.41) is -3.48. The molecule has 0 fully saturated rings. The molecule has 0 amide bonds. The van der Waals surface area contributed by atoms with Crippen molar-refractivity contribution in [2.24, 2.45) is 5.92 Å². The first kappa shape index (κ1) is 11.9. The Bertz CT molecular complexity index is 131. The molecule has 0 aromatic carbocycles. The Balaban J connectivity index is 4.70. The largest absolute Gasteiger partial charge is 0.401 e. The molecule has 74 valence electrons. The third-order valence-corrected chi connectivity index (χ3v) is 1.39. The van der Waals surface area contributed by atoms with Gasteiger partial charge in [0.2, 0.25) is 0 Å². The number of rotatable bonds is 2. The zero-order valence-corrected chi connectivity index (χ0v) is 6.56. The van der Waals surface area contributed by atoms with Crippen molar-refractivity contribution in [1.82, 2.24) is 0 Å². The fourth-order valence-corrected chi connectivity index (χ4v) is 0.870. The summed E-state index contributed by atoms with van der Waals surface area (Å²) in [4.78, 5) is 0. The standard InChI is InChI=1S/C5H5ClF6/c1-4(6,9)2(3(7)8)5(10,11)12/h2-3H,1H3. The number of hydrogen-bond donors (Lipinski definition) is 0. The highest BCUT2D eigenvalue weighted by Crippen LogP contribution is 2.42. The van der Waals surface area contributed by atoms with E-state index in [0.717, 1.165) is 0 Å². The van der Waals surface area contributed by atoms with Gasteiger partial charge in [-0.3, -0.25) is 0 Å². The summed E-state index contributed by atoms with van der Waals surface area (Å²) in [6, 6.07) is 0. The van der Waals surface area contributed by atoms with Crippen LogP contribution in [0.2, 0.25) is 0 Å². The average molecular weight is 215 g/mol. The lowest BCUT2D eigenvalue weighted by Crippen LogP contribution is -2.41. The van der Waals surface area contributed by atoms with Crippen molar-refractivity contribution in [3.8, 4) is 0 Å². The average Bonchev–Trinajstić information content (AvgIpc) is 1.49. The van der Waals surface area contributed by atoms with Gasteiger partial charge < -0.3 is 0 Å². The van der Waals surface area contributed by atoms with E-state index in [-0.39, 0.29) is 6.92 Å². The van der Waals surface area contributed by atoms with Crippen molar-refractivity contribution < 1.29 is 26.3 Å². The second-order valence-corrected chi connectivity index (χ2v) is 3.05. The first-order valence-electron chi connectivity index (χ1n) is 2.79. The Morgan fingerprint density at radius 1 is 1.08 bits per heavy atom. The van der Waals surface area contributed by atoms with E-state index in [9.17, 15) is 26.3 Å². The van der Waals surface area contributed by atoms with E-state index in [2.05, 4.69) is 11.6 Å². The summed E-state index contributed by atoms with van der Waals surface area (Å²) in [5.41, 5.74) is 0. The van der Waals surface area contributed by atoms with Crippen LogP contribution < -0.4 is 0 Å². The predicted octanol–water partition coefficient (Wildman–Crippen LogP) is 3.35. The molecular weight excluding hydrogens is 209 g/mol. The van der Waals surface area contributed by atoms with E-state index in [1.165, 1.54) is 0 Å². The van der Waals surface area contributed by atoms with Crippen LogP contribution in [0.5, 0.6) is 0 Å². The van der Waals surface area contributed by atoms with E-state index in [0.29, 0.717) is 0 Å². The Labute approximate surface area is 69.5 Å². The van der Waals surface area contributed by atoms with Gasteiger partial charge in [0.15, 0.2) is 11.0 Å². The van der Waals surface area contributed by atoms with Crippen molar-refractivity contribution in [3.05, 3.63) is 0 Å². The van der Waals surface area contributed by atoms with E-state index in [1.807, 2.05) is 0 Å². The van der Waals surface area contributed by atoms with Crippen LogP contribution in [-0.4, -0.2) is 17.7 Å². The molecule has 0 bridgehead atoms. The maximum Gasteiger partial charge on any atom is 0.401 e. The highest BCUT2D eigenvalue weighted by molar-refractivity contribution is 6.22. The van der Waals surface area contributed by atoms with Crippen LogP contribution in [0.25, 0.3) is 0 Å². The lowest BCUT2D eigenvalue weighted by atomic mass is 10.1. The third-order valence-electron chi connectivity index (χ3n) is 1.15. The van der Waals surface area contributed by atoms with Gasteiger partial charge in [-0.1, -0.05) is 11.6 Å². The third kappa shape index (κ3) is 3.08. The minimum atomic E-state index is -5.33. The Kier molecular flexibility index (Phi) is 3.28. The molecule has 0 heterocycles. The molecule has 7 heteroatoms. The molecule has 0 nitrogen and oxygen atoms in total. The SMILES string of the molecule is CC(F)(Cl)C(C(F)F)C(F)(F)F. The molecule has 0 aliphatic heterocycles. The summed E-state index contributed by atoms with van der Waals surface area (Å²) in [7, 11) is 0. The molecule has 0 aromatic rings. The number of halogens is 7. The second kappa shape index (κ2) is 3.32. The highest BCUT2D eigenvalue weighted by atomic mass is 35.5. The Hall–Kier alpha value is -0.130. The van der Waals surface area contributed by atoms with Crippen LogP contribution in [0.1, 0.15) is 6.92 Å². The maximum atomic E-state index is 12.4. The summed E-state index contributed by atoms with van der Waals surface area (Å²) < 4.78 is 70.6. The highest BCUT2D eigenvalue weighted by Gasteiger charge is 2.56. The zero-order chi connectivity index (χ0) is 10.2. The normalized spacial score (nSPS) is 20.8. The van der Waals surface area contributed by atoms with Crippen molar-refractivity contribution in [3.63, 3.8) is 0 Å². The van der Waals surface area contributed by atoms with E-state index < -0.39 is 23.6 Å². The maximum absolute atomic E-state index is 12.4. The molecule has 0 saturated heterocycles. The van der Waals surface area contributed by atoms with Crippen LogP contribution in [0.3, 0.4) is 0 Å². The van der Waals surface area contributed by atoms with Crippen molar-refractivity contribution in [1.29, 1.82) is 0 Å². The molecule has 2 unspecified atom stereocenters. The molecule has 0 saturated carbocycles. The summed E-state index contributed by atoms with van der Waals surface area (Å²) in [6.45, 7) is 0.249. The molecule has 0 aliphatic carbocycles. The molecule has 0 radical (unpaired) electrons. The van der Waals surface area contributed by atoms with Crippen molar-refractivity contribution >= 4 is 11.6 Å². The Morgan fingerprint density at radius 3 is 1.42 bits per heavy atom. The molecule has 0 aromatic heterocycles. The minimum Gasteiger partial charge on any atom is -0.226 e. The lowest BCUT2D eigenvalue weighted by molar-refractivity contribution is -0.228. The molecule has 0 N–H and O–H groups in total. The van der Waals surface area contributed by atoms with Gasteiger partial charge >= 0.3 is 6.18 Å². The van der Waals surface area contributed by atoms with Crippen LogP contribution in [0.4, 0.5) is 26.3 Å². The van der Waals surface area contributed by atoms with Gasteiger partial charge in [0.1, 0.15) is 0 Å². The fourth-order valence-electron chi connectivity index (χ4n) is 0.651. The second-order valence-electron chi connectivity index (χ2n) is 2.31. The van der Waals surface area contributed by atoms with E-state index >= 15 is 0 Å². The smallest absolute Gasteiger partial charge is 0.226 e. The lowest BCUT2D eigenvalue weighted by Gasteiger charge is -2.25. The first-order valence-corrected chi connectivity index (χ1v) is 3.17. The van der Waals surface area contributed by atoms with Gasteiger partial charge in [-0.2, -0.15) is 13.2 Å². The zero-order valence-electron chi connectivity index (χ0n) is 5.80. The van der Waals surface area contributed by atoms with Crippen LogP contribution in [0.15, 0.2) is 0 Å². The molecule has 0 rings (SSSR count). The molecular formula is C5H5ClF6. The van der Waals surface area contributed by atoms with Gasteiger partial charge in [-0.25, -0.2) is 13.2 Å².